The number of piperidine rings is 1. The number of hydrogen-bond donors (Lipinski definition) is 1. The van der Waals surface area contributed by atoms with Gasteiger partial charge >= 0.3 is 0 Å². The molecule has 0 spiro atoms. The number of carbonyl (C=O) groups is 2. The van der Waals surface area contributed by atoms with Gasteiger partial charge in [0.2, 0.25) is 11.8 Å². The van der Waals surface area contributed by atoms with Gasteiger partial charge in [0.1, 0.15) is 5.82 Å². The van der Waals surface area contributed by atoms with Crippen molar-refractivity contribution in [2.24, 2.45) is 0 Å². The average Bonchev–Trinajstić information content (AvgIpc) is 2.81. The van der Waals surface area contributed by atoms with Crippen LogP contribution < -0.4 is 15.1 Å². The molecule has 158 valence electrons. The minimum absolute atomic E-state index is 0.00505. The Hall–Kier alpha value is -2.54. The summed E-state index contributed by atoms with van der Waals surface area (Å²) in [5.41, 5.74) is 1.93. The van der Waals surface area contributed by atoms with Crippen molar-refractivity contribution in [1.82, 2.24) is 10.3 Å². The number of amides is 2. The highest BCUT2D eigenvalue weighted by molar-refractivity contribution is 7.99. The molecule has 1 saturated heterocycles. The van der Waals surface area contributed by atoms with E-state index in [4.69, 9.17) is 0 Å². The van der Waals surface area contributed by atoms with Crippen LogP contribution in [-0.4, -0.2) is 42.2 Å². The number of pyridine rings is 1. The number of fused-ring (bicyclic) bond motifs is 1. The zero-order valence-corrected chi connectivity index (χ0v) is 18.0. The first-order chi connectivity index (χ1) is 14.7. The summed E-state index contributed by atoms with van der Waals surface area (Å²) in [6.45, 7) is 3.26. The van der Waals surface area contributed by atoms with Crippen molar-refractivity contribution < 1.29 is 9.59 Å². The van der Waals surface area contributed by atoms with Crippen LogP contribution in [0, 0.1) is 0 Å². The fraction of sp³-hybridized carbons (Fsp3) is 0.435. The second-order valence-electron chi connectivity index (χ2n) is 7.71. The Balaban J connectivity index is 1.23. The second kappa shape index (κ2) is 9.98. The highest BCUT2D eigenvalue weighted by Gasteiger charge is 2.22. The van der Waals surface area contributed by atoms with Gasteiger partial charge in [0, 0.05) is 55.9 Å². The fourth-order valence-corrected chi connectivity index (χ4v) is 4.90. The third-order valence-electron chi connectivity index (χ3n) is 5.57. The fourth-order valence-electron chi connectivity index (χ4n) is 3.90. The van der Waals surface area contributed by atoms with Gasteiger partial charge in [-0.2, -0.15) is 0 Å². The molecule has 2 aromatic rings. The monoisotopic (exact) mass is 424 g/mol. The highest BCUT2D eigenvalue weighted by Crippen LogP contribution is 2.34. The van der Waals surface area contributed by atoms with Crippen molar-refractivity contribution in [3.63, 3.8) is 0 Å². The SMILES string of the molecule is O=C(CCC(=O)N1CCSc2ccccc21)NCc1ccc(N2CCCCC2)nc1. The third-order valence-corrected chi connectivity index (χ3v) is 6.62. The van der Waals surface area contributed by atoms with E-state index in [-0.39, 0.29) is 24.7 Å². The number of aromatic nitrogens is 1. The zero-order chi connectivity index (χ0) is 20.8. The molecule has 2 amide bonds. The number of thioether (sulfide) groups is 1. The minimum Gasteiger partial charge on any atom is -0.357 e. The first-order valence-electron chi connectivity index (χ1n) is 10.7. The summed E-state index contributed by atoms with van der Waals surface area (Å²) in [5.74, 6) is 1.79. The maximum Gasteiger partial charge on any atom is 0.227 e. The minimum atomic E-state index is -0.108. The van der Waals surface area contributed by atoms with Crippen LogP contribution in [0.2, 0.25) is 0 Å². The number of rotatable bonds is 6. The van der Waals surface area contributed by atoms with Gasteiger partial charge in [-0.25, -0.2) is 4.98 Å². The molecule has 1 aromatic heterocycles. The summed E-state index contributed by atoms with van der Waals surface area (Å²) < 4.78 is 0. The molecule has 6 nitrogen and oxygen atoms in total. The summed E-state index contributed by atoms with van der Waals surface area (Å²) in [4.78, 5) is 34.7. The van der Waals surface area contributed by atoms with E-state index in [0.29, 0.717) is 13.1 Å². The van der Waals surface area contributed by atoms with Crippen molar-refractivity contribution in [3.05, 3.63) is 48.2 Å². The van der Waals surface area contributed by atoms with E-state index in [9.17, 15) is 9.59 Å². The Morgan fingerprint density at radius 3 is 2.63 bits per heavy atom. The normalized spacial score (nSPS) is 16.1. The van der Waals surface area contributed by atoms with Gasteiger partial charge in [0.25, 0.3) is 0 Å². The molecule has 30 heavy (non-hydrogen) atoms. The molecule has 0 unspecified atom stereocenters. The van der Waals surface area contributed by atoms with E-state index >= 15 is 0 Å². The van der Waals surface area contributed by atoms with E-state index in [1.54, 1.807) is 11.8 Å². The maximum absolute atomic E-state index is 12.6. The molecule has 1 N–H and O–H groups in total. The quantitative estimate of drug-likeness (QED) is 0.767. The standard InChI is InChI=1S/C23H28N4O2S/c28-22(10-11-23(29)27-14-15-30-20-7-3-2-6-19(20)27)25-17-18-8-9-21(24-16-18)26-12-4-1-5-13-26/h2-3,6-9,16H,1,4-5,10-15,17H2,(H,25,28). The van der Waals surface area contributed by atoms with Crippen LogP contribution in [0.5, 0.6) is 0 Å². The van der Waals surface area contributed by atoms with Crippen molar-refractivity contribution in [2.45, 2.75) is 43.5 Å². The second-order valence-corrected chi connectivity index (χ2v) is 8.85. The largest absolute Gasteiger partial charge is 0.357 e. The summed E-state index contributed by atoms with van der Waals surface area (Å²) in [5, 5.41) is 2.91. The molecule has 0 radical (unpaired) electrons. The van der Waals surface area contributed by atoms with Crippen molar-refractivity contribution in [3.8, 4) is 0 Å². The molecule has 4 rings (SSSR count). The summed E-state index contributed by atoms with van der Waals surface area (Å²) in [6, 6.07) is 12.0. The summed E-state index contributed by atoms with van der Waals surface area (Å²) in [6.07, 6.45) is 5.99. The predicted molar refractivity (Wildman–Crippen MR) is 121 cm³/mol. The Kier molecular flexibility index (Phi) is 6.89. The van der Waals surface area contributed by atoms with Crippen molar-refractivity contribution in [2.75, 3.05) is 35.2 Å². The van der Waals surface area contributed by atoms with Gasteiger partial charge < -0.3 is 15.1 Å². The number of carbonyl (C=O) groups excluding carboxylic acids is 2. The van der Waals surface area contributed by atoms with Crippen LogP contribution in [0.15, 0.2) is 47.5 Å². The van der Waals surface area contributed by atoms with Crippen LogP contribution >= 0.6 is 11.8 Å². The van der Waals surface area contributed by atoms with Crippen molar-refractivity contribution in [1.29, 1.82) is 0 Å². The van der Waals surface area contributed by atoms with Crippen LogP contribution in [0.25, 0.3) is 0 Å². The number of anilines is 2. The van der Waals surface area contributed by atoms with Gasteiger partial charge in [-0.05, 0) is 43.0 Å². The number of benzene rings is 1. The molecule has 1 aromatic carbocycles. The maximum atomic E-state index is 12.6. The molecule has 7 heteroatoms. The van der Waals surface area contributed by atoms with E-state index < -0.39 is 0 Å². The van der Waals surface area contributed by atoms with Crippen LogP contribution in [0.1, 0.15) is 37.7 Å². The lowest BCUT2D eigenvalue weighted by Crippen LogP contribution is -2.36. The molecule has 0 saturated carbocycles. The zero-order valence-electron chi connectivity index (χ0n) is 17.2. The van der Waals surface area contributed by atoms with Gasteiger partial charge in [-0.3, -0.25) is 9.59 Å². The predicted octanol–water partition coefficient (Wildman–Crippen LogP) is 3.61. The highest BCUT2D eigenvalue weighted by atomic mass is 32.2. The van der Waals surface area contributed by atoms with Gasteiger partial charge in [-0.15, -0.1) is 11.8 Å². The Labute approximate surface area is 182 Å². The van der Waals surface area contributed by atoms with Crippen LogP contribution in [0.4, 0.5) is 11.5 Å². The molecular weight excluding hydrogens is 396 g/mol. The lowest BCUT2D eigenvalue weighted by molar-refractivity contribution is -0.125. The molecule has 0 atom stereocenters. The molecule has 2 aliphatic rings. The summed E-state index contributed by atoms with van der Waals surface area (Å²) >= 11 is 1.77. The van der Waals surface area contributed by atoms with Crippen molar-refractivity contribution >= 4 is 35.1 Å². The molecule has 3 heterocycles. The van der Waals surface area contributed by atoms with Crippen LogP contribution in [-0.2, 0) is 16.1 Å². The summed E-state index contributed by atoms with van der Waals surface area (Å²) in [7, 11) is 0. The lowest BCUT2D eigenvalue weighted by Gasteiger charge is -2.29. The first kappa shape index (κ1) is 20.7. The average molecular weight is 425 g/mol. The number of nitrogens with zero attached hydrogens (tertiary/aromatic N) is 3. The smallest absolute Gasteiger partial charge is 0.227 e. The lowest BCUT2D eigenvalue weighted by atomic mass is 10.1. The molecule has 0 bridgehead atoms. The molecule has 2 aliphatic heterocycles. The van der Waals surface area contributed by atoms with E-state index in [1.165, 1.54) is 19.3 Å². The number of hydrogen-bond acceptors (Lipinski definition) is 5. The Morgan fingerprint density at radius 2 is 1.83 bits per heavy atom. The van der Waals surface area contributed by atoms with E-state index in [0.717, 1.165) is 40.8 Å². The van der Waals surface area contributed by atoms with E-state index in [2.05, 4.69) is 15.2 Å². The third kappa shape index (κ3) is 5.14. The Morgan fingerprint density at radius 1 is 1.00 bits per heavy atom. The number of nitrogens with one attached hydrogen (secondary N) is 1. The topological polar surface area (TPSA) is 65.5 Å². The van der Waals surface area contributed by atoms with E-state index in [1.807, 2.05) is 47.5 Å². The van der Waals surface area contributed by atoms with Crippen LogP contribution in [0.3, 0.4) is 0 Å². The molecular formula is C23H28N4O2S. The van der Waals surface area contributed by atoms with Gasteiger partial charge in [0.15, 0.2) is 0 Å². The molecule has 0 aliphatic carbocycles. The molecule has 1 fully saturated rings. The first-order valence-corrected chi connectivity index (χ1v) is 11.7. The van der Waals surface area contributed by atoms with Gasteiger partial charge in [0.05, 0.1) is 5.69 Å². The van der Waals surface area contributed by atoms with Gasteiger partial charge in [-0.1, -0.05) is 18.2 Å². The number of para-hydroxylation sites is 1. The Bertz CT molecular complexity index is 881.